The van der Waals surface area contributed by atoms with Crippen molar-refractivity contribution in [2.24, 2.45) is 0 Å². The number of hydrogen-bond acceptors (Lipinski definition) is 2. The Labute approximate surface area is 74.7 Å². The lowest BCUT2D eigenvalue weighted by molar-refractivity contribution is 1.07. The van der Waals surface area contributed by atoms with Gasteiger partial charge in [0.1, 0.15) is 0 Å². The van der Waals surface area contributed by atoms with Gasteiger partial charge in [-0.3, -0.25) is 0 Å². The first-order valence-corrected chi connectivity index (χ1v) is 4.37. The number of rotatable bonds is 4. The average Bonchev–Trinajstić information content (AvgIpc) is 1.98. The molecule has 0 aliphatic heterocycles. The second-order valence-electron chi connectivity index (χ2n) is 2.91. The largest absolute Gasteiger partial charge is 0.305 e. The first kappa shape index (κ1) is 11.1. The normalized spacial score (nSPS) is 12.3. The second-order valence-corrected chi connectivity index (χ2v) is 2.91. The maximum Gasteiger partial charge on any atom is 0.0318 e. The third kappa shape index (κ3) is 2.61. The summed E-state index contributed by atoms with van der Waals surface area (Å²) in [6, 6.07) is 0. The van der Waals surface area contributed by atoms with E-state index in [9.17, 15) is 0 Å². The average molecular weight is 166 g/mol. The molecule has 68 valence electrons. The van der Waals surface area contributed by atoms with Gasteiger partial charge in [-0.1, -0.05) is 13.8 Å². The van der Waals surface area contributed by atoms with Gasteiger partial charge in [0.15, 0.2) is 0 Å². The van der Waals surface area contributed by atoms with Crippen molar-refractivity contribution >= 4 is 11.4 Å². The van der Waals surface area contributed by atoms with Gasteiger partial charge in [0, 0.05) is 11.4 Å². The van der Waals surface area contributed by atoms with E-state index in [1.165, 1.54) is 0 Å². The molecule has 12 heavy (non-hydrogen) atoms. The molecule has 0 aliphatic carbocycles. The SMILES string of the molecule is CC/C(C(C)=N)=C(\CC)C(C)=N. The van der Waals surface area contributed by atoms with Crippen molar-refractivity contribution in [2.75, 3.05) is 0 Å². The van der Waals surface area contributed by atoms with Gasteiger partial charge in [-0.25, -0.2) is 0 Å². The van der Waals surface area contributed by atoms with Crippen LogP contribution in [-0.4, -0.2) is 11.4 Å². The van der Waals surface area contributed by atoms with Gasteiger partial charge < -0.3 is 10.8 Å². The lowest BCUT2D eigenvalue weighted by Gasteiger charge is -2.09. The molecule has 2 nitrogen and oxygen atoms in total. The Morgan fingerprint density at radius 1 is 0.833 bits per heavy atom. The summed E-state index contributed by atoms with van der Waals surface area (Å²) in [5, 5.41) is 15.0. The molecule has 0 atom stereocenters. The molecule has 0 radical (unpaired) electrons. The van der Waals surface area contributed by atoms with Gasteiger partial charge in [0.25, 0.3) is 0 Å². The molecule has 0 aromatic rings. The Morgan fingerprint density at radius 2 is 1.08 bits per heavy atom. The molecule has 0 spiro atoms. The van der Waals surface area contributed by atoms with Crippen LogP contribution in [0.25, 0.3) is 0 Å². The Morgan fingerprint density at radius 3 is 1.17 bits per heavy atom. The van der Waals surface area contributed by atoms with Gasteiger partial charge in [-0.05, 0) is 37.8 Å². The summed E-state index contributed by atoms with van der Waals surface area (Å²) in [6.07, 6.45) is 1.71. The highest BCUT2D eigenvalue weighted by Gasteiger charge is 2.06. The molecule has 0 unspecified atom stereocenters. The number of allylic oxidation sites excluding steroid dienone is 2. The van der Waals surface area contributed by atoms with Gasteiger partial charge >= 0.3 is 0 Å². The van der Waals surface area contributed by atoms with Crippen LogP contribution in [0.15, 0.2) is 11.1 Å². The summed E-state index contributed by atoms with van der Waals surface area (Å²) in [6.45, 7) is 7.65. The van der Waals surface area contributed by atoms with Gasteiger partial charge in [0.05, 0.1) is 0 Å². The van der Waals surface area contributed by atoms with Crippen LogP contribution in [-0.2, 0) is 0 Å². The highest BCUT2D eigenvalue weighted by Crippen LogP contribution is 2.14. The van der Waals surface area contributed by atoms with E-state index >= 15 is 0 Å². The van der Waals surface area contributed by atoms with Crippen LogP contribution in [0.4, 0.5) is 0 Å². The smallest absolute Gasteiger partial charge is 0.0318 e. The van der Waals surface area contributed by atoms with Crippen LogP contribution in [0, 0.1) is 10.8 Å². The highest BCUT2D eigenvalue weighted by molar-refractivity contribution is 6.06. The van der Waals surface area contributed by atoms with Crippen LogP contribution in [0.5, 0.6) is 0 Å². The highest BCUT2D eigenvalue weighted by atomic mass is 14.4. The maximum atomic E-state index is 7.52. The predicted octanol–water partition coefficient (Wildman–Crippen LogP) is 3.18. The van der Waals surface area contributed by atoms with Crippen LogP contribution in [0.3, 0.4) is 0 Å². The van der Waals surface area contributed by atoms with E-state index in [-0.39, 0.29) is 0 Å². The zero-order chi connectivity index (χ0) is 9.72. The molecule has 0 aromatic carbocycles. The van der Waals surface area contributed by atoms with Crippen LogP contribution in [0.1, 0.15) is 40.5 Å². The van der Waals surface area contributed by atoms with E-state index < -0.39 is 0 Å². The minimum atomic E-state index is 0.598. The Hall–Kier alpha value is -0.920. The van der Waals surface area contributed by atoms with Crippen molar-refractivity contribution in [2.45, 2.75) is 40.5 Å². The fourth-order valence-corrected chi connectivity index (χ4v) is 1.41. The molecule has 0 saturated heterocycles. The van der Waals surface area contributed by atoms with Crippen molar-refractivity contribution < 1.29 is 0 Å². The van der Waals surface area contributed by atoms with Crippen LogP contribution in [0.2, 0.25) is 0 Å². The molecule has 2 N–H and O–H groups in total. The van der Waals surface area contributed by atoms with Gasteiger partial charge in [0.2, 0.25) is 0 Å². The van der Waals surface area contributed by atoms with Crippen LogP contribution >= 0.6 is 0 Å². The summed E-state index contributed by atoms with van der Waals surface area (Å²) in [5.41, 5.74) is 3.26. The van der Waals surface area contributed by atoms with Gasteiger partial charge in [-0.2, -0.15) is 0 Å². The molecule has 0 amide bonds. The van der Waals surface area contributed by atoms with Crippen molar-refractivity contribution in [3.63, 3.8) is 0 Å². The van der Waals surface area contributed by atoms with Crippen molar-refractivity contribution in [3.05, 3.63) is 11.1 Å². The first-order valence-electron chi connectivity index (χ1n) is 4.37. The summed E-state index contributed by atoms with van der Waals surface area (Å²) in [7, 11) is 0. The summed E-state index contributed by atoms with van der Waals surface area (Å²) in [4.78, 5) is 0. The van der Waals surface area contributed by atoms with E-state index in [1.54, 1.807) is 13.8 Å². The van der Waals surface area contributed by atoms with E-state index in [0.29, 0.717) is 11.4 Å². The number of nitrogens with one attached hydrogen (secondary N) is 2. The molecular weight excluding hydrogens is 148 g/mol. The zero-order valence-electron chi connectivity index (χ0n) is 8.41. The molecule has 0 aliphatic rings. The summed E-state index contributed by atoms with van der Waals surface area (Å²) < 4.78 is 0. The molecule has 0 aromatic heterocycles. The molecule has 0 bridgehead atoms. The molecule has 0 heterocycles. The summed E-state index contributed by atoms with van der Waals surface area (Å²) >= 11 is 0. The fraction of sp³-hybridized carbons (Fsp3) is 0.600. The predicted molar refractivity (Wildman–Crippen MR) is 54.4 cm³/mol. The minimum absolute atomic E-state index is 0.598. The van der Waals surface area contributed by atoms with E-state index in [1.807, 2.05) is 13.8 Å². The Balaban J connectivity index is 5.01. The molecule has 0 saturated carbocycles. The van der Waals surface area contributed by atoms with Crippen molar-refractivity contribution in [1.29, 1.82) is 10.8 Å². The first-order chi connectivity index (χ1) is 5.54. The van der Waals surface area contributed by atoms with Crippen LogP contribution < -0.4 is 0 Å². The Bertz CT molecular complexity index is 200. The third-order valence-corrected chi connectivity index (χ3v) is 1.98. The lowest BCUT2D eigenvalue weighted by Crippen LogP contribution is -2.05. The molecular formula is C10H18N2. The number of hydrogen-bond donors (Lipinski definition) is 2. The lowest BCUT2D eigenvalue weighted by atomic mass is 9.97. The summed E-state index contributed by atoms with van der Waals surface area (Å²) in [5.74, 6) is 0. The molecule has 2 heteroatoms. The maximum absolute atomic E-state index is 7.52. The fourth-order valence-electron chi connectivity index (χ4n) is 1.41. The molecule has 0 fully saturated rings. The quantitative estimate of drug-likeness (QED) is 0.603. The van der Waals surface area contributed by atoms with Crippen molar-refractivity contribution in [3.8, 4) is 0 Å². The molecule has 0 rings (SSSR count). The van der Waals surface area contributed by atoms with E-state index in [2.05, 4.69) is 0 Å². The third-order valence-electron chi connectivity index (χ3n) is 1.98. The topological polar surface area (TPSA) is 47.7 Å². The van der Waals surface area contributed by atoms with Crippen molar-refractivity contribution in [1.82, 2.24) is 0 Å². The standard InChI is InChI=1S/C10H18N2/c1-5-9(7(3)11)10(6-2)8(4)12/h11-12H,5-6H2,1-4H3/b10-9-,11-7?,12-8?. The second kappa shape index (κ2) is 4.86. The minimum Gasteiger partial charge on any atom is -0.305 e. The van der Waals surface area contributed by atoms with E-state index in [4.69, 9.17) is 10.8 Å². The zero-order valence-corrected chi connectivity index (χ0v) is 8.41. The monoisotopic (exact) mass is 166 g/mol. The Kier molecular flexibility index (Phi) is 4.49. The van der Waals surface area contributed by atoms with Gasteiger partial charge in [-0.15, -0.1) is 0 Å². The van der Waals surface area contributed by atoms with E-state index in [0.717, 1.165) is 24.0 Å².